The summed E-state index contributed by atoms with van der Waals surface area (Å²) in [5, 5.41) is 0. The van der Waals surface area contributed by atoms with Crippen molar-refractivity contribution < 1.29 is 8.69 Å². The molecule has 1 heteroatoms. The molecule has 0 fully saturated rings. The number of nitrogens with zero attached hydrogens (tertiary/aromatic N) is 1. The lowest BCUT2D eigenvalue weighted by molar-refractivity contribution is -0.418. The van der Waals surface area contributed by atoms with Gasteiger partial charge in [0.25, 0.3) is 0 Å². The molecule has 1 aromatic carbocycles. The number of aryl methyl sites for hydroxylation is 1. The lowest BCUT2D eigenvalue weighted by Gasteiger charge is -2.17. The van der Waals surface area contributed by atoms with E-state index in [2.05, 4.69) is 6.72 Å². The van der Waals surface area contributed by atoms with Crippen LogP contribution in [0, 0.1) is 12.9 Å². The third-order valence-electron chi connectivity index (χ3n) is 2.35. The average Bonchev–Trinajstić information content (AvgIpc) is 2.28. The summed E-state index contributed by atoms with van der Waals surface area (Å²) in [4.78, 5) is 0. The fraction of sp³-hybridized carbons (Fsp3) is 0.143. The Hall–Kier alpha value is -1.76. The fourth-order valence-electron chi connectivity index (χ4n) is 1.57. The van der Waals surface area contributed by atoms with Gasteiger partial charge in [0.05, 0.1) is 6.72 Å². The Balaban J connectivity index is 2.26. The highest BCUT2D eigenvalue weighted by atomic mass is 15.0. The highest BCUT2D eigenvalue weighted by Crippen LogP contribution is 2.22. The first-order valence-corrected chi connectivity index (χ1v) is 4.82. The topological polar surface area (TPSA) is 3.01 Å². The molecule has 1 aliphatic heterocycles. The van der Waals surface area contributed by atoms with E-state index in [0.717, 1.165) is 17.2 Å². The molecular weight excluding hydrogens is 182 g/mol. The van der Waals surface area contributed by atoms with Crippen molar-refractivity contribution in [2.45, 2.75) is 13.8 Å². The van der Waals surface area contributed by atoms with E-state index in [1.54, 1.807) is 16.7 Å². The molecule has 0 atom stereocenters. The second kappa shape index (κ2) is 3.77. The molecule has 0 aliphatic carbocycles. The second-order valence-corrected chi connectivity index (χ2v) is 3.64. The van der Waals surface area contributed by atoms with Crippen LogP contribution in [0.3, 0.4) is 0 Å². The van der Waals surface area contributed by atoms with Gasteiger partial charge in [0, 0.05) is 4.11 Å². The van der Waals surface area contributed by atoms with Gasteiger partial charge in [-0.05, 0) is 31.0 Å². The predicted octanol–water partition coefficient (Wildman–Crippen LogP) is 3.06. The van der Waals surface area contributed by atoms with Crippen molar-refractivity contribution in [3.05, 3.63) is 65.4 Å². The van der Waals surface area contributed by atoms with E-state index in [1.807, 2.05) is 37.4 Å². The monoisotopic (exact) mass is 200 g/mol. The lowest BCUT2D eigenvalue weighted by atomic mass is 10.0. The molecule has 0 N–H and O–H groups in total. The van der Waals surface area contributed by atoms with Crippen LogP contribution in [-0.4, -0.2) is 11.3 Å². The summed E-state index contributed by atoms with van der Waals surface area (Å²) < 4.78 is 23.8. The Morgan fingerprint density at radius 3 is 2.67 bits per heavy atom. The van der Waals surface area contributed by atoms with E-state index in [9.17, 15) is 0 Å². The molecule has 76 valence electrons. The van der Waals surface area contributed by atoms with E-state index >= 15 is 0 Å². The van der Waals surface area contributed by atoms with Crippen LogP contribution in [0.5, 0.6) is 0 Å². The van der Waals surface area contributed by atoms with Crippen molar-refractivity contribution in [2.75, 3.05) is 0 Å². The number of allylic oxidation sites excluding steroid dienone is 2. The van der Waals surface area contributed by atoms with Crippen molar-refractivity contribution in [1.29, 1.82) is 0 Å². The van der Waals surface area contributed by atoms with Gasteiger partial charge < -0.3 is 0 Å². The first kappa shape index (κ1) is 6.67. The van der Waals surface area contributed by atoms with Crippen LogP contribution in [-0.2, 0) is 0 Å². The molecule has 0 saturated carbocycles. The molecule has 0 radical (unpaired) electrons. The quantitative estimate of drug-likeness (QED) is 0.484. The molecule has 0 unspecified atom stereocenters. The van der Waals surface area contributed by atoms with Crippen LogP contribution in [0.1, 0.15) is 22.2 Å². The number of benzene rings is 1. The van der Waals surface area contributed by atoms with Gasteiger partial charge in [0.15, 0.2) is 0 Å². The maximum Gasteiger partial charge on any atom is 0.146 e. The van der Waals surface area contributed by atoms with E-state index in [1.165, 1.54) is 0 Å². The zero-order chi connectivity index (χ0) is 13.3. The maximum atomic E-state index is 7.33. The van der Waals surface area contributed by atoms with Crippen molar-refractivity contribution in [3.63, 3.8) is 0 Å². The number of rotatable bonds is 1. The Bertz CT molecular complexity index is 521. The summed E-state index contributed by atoms with van der Waals surface area (Å²) in [6.45, 7) is 3.89. The Labute approximate surface area is 95.3 Å². The van der Waals surface area contributed by atoms with Gasteiger partial charge in [-0.25, -0.2) is 0 Å². The minimum atomic E-state index is -2.05. The van der Waals surface area contributed by atoms with E-state index in [-0.39, 0.29) is 0 Å². The van der Waals surface area contributed by atoms with Crippen LogP contribution < -0.4 is 0 Å². The Morgan fingerprint density at radius 2 is 2.07 bits per heavy atom. The molecule has 1 aromatic rings. The molecule has 15 heavy (non-hydrogen) atoms. The summed E-state index contributed by atoms with van der Waals surface area (Å²) in [7, 11) is 0. The van der Waals surface area contributed by atoms with Gasteiger partial charge in [-0.3, -0.25) is 4.58 Å². The van der Waals surface area contributed by atoms with E-state index in [4.69, 9.17) is 4.11 Å². The number of hydrogen-bond donors (Lipinski definition) is 0. The maximum absolute atomic E-state index is 7.33. The second-order valence-electron chi connectivity index (χ2n) is 3.64. The minimum Gasteiger partial charge on any atom is -0.255 e. The van der Waals surface area contributed by atoms with E-state index < -0.39 is 6.85 Å². The average molecular weight is 200 g/mol. The molecule has 2 rings (SSSR count). The predicted molar refractivity (Wildman–Crippen MR) is 63.8 cm³/mol. The third kappa shape index (κ3) is 2.01. The lowest BCUT2D eigenvalue weighted by Crippen LogP contribution is -2.13. The smallest absolute Gasteiger partial charge is 0.146 e. The molecule has 0 spiro atoms. The van der Waals surface area contributed by atoms with Gasteiger partial charge >= 0.3 is 0 Å². The van der Waals surface area contributed by atoms with Crippen molar-refractivity contribution in [3.8, 4) is 0 Å². The van der Waals surface area contributed by atoms with Gasteiger partial charge in [0.2, 0.25) is 0 Å². The zero-order valence-electron chi connectivity index (χ0n) is 11.7. The summed E-state index contributed by atoms with van der Waals surface area (Å²) in [5.74, 6) is 0. The van der Waals surface area contributed by atoms with Gasteiger partial charge in [0.1, 0.15) is 12.2 Å². The van der Waals surface area contributed by atoms with E-state index in [0.29, 0.717) is 5.56 Å². The molecule has 1 aliphatic rings. The highest BCUT2D eigenvalue weighted by Gasteiger charge is 2.14. The fourth-order valence-corrected chi connectivity index (χ4v) is 1.57. The minimum absolute atomic E-state index is 0.356. The molecular formula is C14H15N. The SMILES string of the molecule is [2H]C([2H])([2H])c1ccc([C-]2C=CC(C)=C[N+]2=C)cc1. The largest absolute Gasteiger partial charge is 0.255 e. The van der Waals surface area contributed by atoms with Crippen molar-refractivity contribution in [2.24, 2.45) is 0 Å². The van der Waals surface area contributed by atoms with Crippen LogP contribution in [0.4, 0.5) is 0 Å². The highest BCUT2D eigenvalue weighted by molar-refractivity contribution is 5.40. The first-order chi connectivity index (χ1) is 8.38. The molecule has 0 aromatic heterocycles. The normalized spacial score (nSPS) is 19.3. The van der Waals surface area contributed by atoms with Crippen molar-refractivity contribution >= 4 is 6.72 Å². The van der Waals surface area contributed by atoms with Gasteiger partial charge in [-0.15, -0.1) is 18.2 Å². The molecule has 0 bridgehead atoms. The zero-order valence-corrected chi connectivity index (χ0v) is 8.70. The summed E-state index contributed by atoms with van der Waals surface area (Å²) >= 11 is 0. The van der Waals surface area contributed by atoms with Crippen LogP contribution in [0.15, 0.2) is 48.2 Å². The Morgan fingerprint density at radius 1 is 1.33 bits per heavy atom. The van der Waals surface area contributed by atoms with Gasteiger partial charge in [-0.2, -0.15) is 0 Å². The molecule has 0 saturated heterocycles. The molecule has 1 nitrogen and oxygen atoms in total. The summed E-state index contributed by atoms with van der Waals surface area (Å²) in [6, 6.07) is 7.87. The molecule has 0 amide bonds. The standard InChI is InChI=1S/C14H15N/c1-11-4-7-13(8-5-11)14-9-6-12(2)10-15(14)3/h4-10H,3H2,1-2H3/i1D3. The van der Waals surface area contributed by atoms with Crippen LogP contribution in [0.25, 0.3) is 0 Å². The summed E-state index contributed by atoms with van der Waals surface area (Å²) in [6.07, 6.45) is 5.92. The van der Waals surface area contributed by atoms with Crippen LogP contribution in [0.2, 0.25) is 0 Å². The molecule has 1 heterocycles. The Kier molecular flexibility index (Phi) is 1.68. The summed E-state index contributed by atoms with van der Waals surface area (Å²) in [5.41, 5.74) is 2.44. The van der Waals surface area contributed by atoms with Gasteiger partial charge in [-0.1, -0.05) is 17.7 Å². The van der Waals surface area contributed by atoms with Crippen LogP contribution >= 0.6 is 0 Å². The third-order valence-corrected chi connectivity index (χ3v) is 2.35. The number of hydrogen-bond acceptors (Lipinski definition) is 0. The van der Waals surface area contributed by atoms with Crippen molar-refractivity contribution in [1.82, 2.24) is 0 Å². The first-order valence-electron chi connectivity index (χ1n) is 6.32.